The van der Waals surface area contributed by atoms with Crippen LogP contribution >= 0.6 is 0 Å². The Balaban J connectivity index is 2.26. The number of aromatic nitrogens is 2. The van der Waals surface area contributed by atoms with Gasteiger partial charge in [0.05, 0.1) is 12.1 Å². The zero-order chi connectivity index (χ0) is 13.1. The molecule has 0 radical (unpaired) electrons. The van der Waals surface area contributed by atoms with Crippen LogP contribution in [-0.4, -0.2) is 20.9 Å². The standard InChI is InChI=1S/C14H16N2O2/c1-10-4-3-5-12(6-10)13(14(17)18)7-11-8-15-16(2)9-11/h3-6,8-9,13H,7H2,1-2H3,(H,17,18). The Morgan fingerprint density at radius 3 is 2.83 bits per heavy atom. The van der Waals surface area contributed by atoms with E-state index in [0.717, 1.165) is 16.7 Å². The summed E-state index contributed by atoms with van der Waals surface area (Å²) in [7, 11) is 1.83. The van der Waals surface area contributed by atoms with Crippen LogP contribution in [0.15, 0.2) is 36.7 Å². The predicted octanol–water partition coefficient (Wildman–Crippen LogP) is 2.14. The fourth-order valence-electron chi connectivity index (χ4n) is 2.05. The Morgan fingerprint density at radius 1 is 1.50 bits per heavy atom. The van der Waals surface area contributed by atoms with Gasteiger partial charge in [-0.2, -0.15) is 5.10 Å². The van der Waals surface area contributed by atoms with Crippen molar-refractivity contribution in [1.29, 1.82) is 0 Å². The molecule has 0 bridgehead atoms. The summed E-state index contributed by atoms with van der Waals surface area (Å²) in [6.07, 6.45) is 4.03. The first kappa shape index (κ1) is 12.4. The predicted molar refractivity (Wildman–Crippen MR) is 68.5 cm³/mol. The Kier molecular flexibility index (Phi) is 3.46. The number of nitrogens with zero attached hydrogens (tertiary/aromatic N) is 2. The maximum atomic E-state index is 11.4. The zero-order valence-corrected chi connectivity index (χ0v) is 10.5. The van der Waals surface area contributed by atoms with Gasteiger partial charge < -0.3 is 5.11 Å². The monoisotopic (exact) mass is 244 g/mol. The molecule has 0 aliphatic rings. The maximum absolute atomic E-state index is 11.4. The van der Waals surface area contributed by atoms with Gasteiger partial charge in [-0.05, 0) is 24.5 Å². The summed E-state index contributed by atoms with van der Waals surface area (Å²) < 4.78 is 1.69. The summed E-state index contributed by atoms with van der Waals surface area (Å²) in [6.45, 7) is 1.96. The molecule has 1 aromatic heterocycles. The van der Waals surface area contributed by atoms with Gasteiger partial charge in [0.2, 0.25) is 0 Å². The van der Waals surface area contributed by atoms with Crippen LogP contribution in [-0.2, 0) is 18.3 Å². The number of hydrogen-bond acceptors (Lipinski definition) is 2. The third-order valence-electron chi connectivity index (χ3n) is 2.94. The maximum Gasteiger partial charge on any atom is 0.311 e. The molecule has 1 aromatic carbocycles. The Labute approximate surface area is 106 Å². The van der Waals surface area contributed by atoms with Gasteiger partial charge in [0.15, 0.2) is 0 Å². The van der Waals surface area contributed by atoms with Crippen molar-refractivity contribution in [2.45, 2.75) is 19.3 Å². The molecule has 0 saturated heterocycles. The second kappa shape index (κ2) is 5.04. The van der Waals surface area contributed by atoms with Gasteiger partial charge in [-0.15, -0.1) is 0 Å². The molecule has 0 saturated carbocycles. The Morgan fingerprint density at radius 2 is 2.28 bits per heavy atom. The summed E-state index contributed by atoms with van der Waals surface area (Å²) in [4.78, 5) is 11.4. The number of benzene rings is 1. The van der Waals surface area contributed by atoms with Crippen molar-refractivity contribution in [3.63, 3.8) is 0 Å². The van der Waals surface area contributed by atoms with Gasteiger partial charge in [-0.1, -0.05) is 29.8 Å². The smallest absolute Gasteiger partial charge is 0.311 e. The van der Waals surface area contributed by atoms with Gasteiger partial charge in [-0.25, -0.2) is 0 Å². The van der Waals surface area contributed by atoms with E-state index >= 15 is 0 Å². The first-order chi connectivity index (χ1) is 8.56. The average molecular weight is 244 g/mol. The van der Waals surface area contributed by atoms with Crippen molar-refractivity contribution in [1.82, 2.24) is 9.78 Å². The molecule has 2 rings (SSSR count). The molecule has 1 N–H and O–H groups in total. The van der Waals surface area contributed by atoms with Gasteiger partial charge >= 0.3 is 5.97 Å². The van der Waals surface area contributed by atoms with Crippen LogP contribution in [0.3, 0.4) is 0 Å². The SMILES string of the molecule is Cc1cccc(C(Cc2cnn(C)c2)C(=O)O)c1. The third kappa shape index (κ3) is 2.77. The van der Waals surface area contributed by atoms with Crippen LogP contribution in [0, 0.1) is 6.92 Å². The molecular weight excluding hydrogens is 228 g/mol. The van der Waals surface area contributed by atoms with E-state index in [-0.39, 0.29) is 0 Å². The lowest BCUT2D eigenvalue weighted by atomic mass is 9.92. The van der Waals surface area contributed by atoms with Crippen molar-refractivity contribution < 1.29 is 9.90 Å². The first-order valence-electron chi connectivity index (χ1n) is 5.83. The highest BCUT2D eigenvalue weighted by Gasteiger charge is 2.20. The quantitative estimate of drug-likeness (QED) is 0.896. The fraction of sp³-hybridized carbons (Fsp3) is 0.286. The van der Waals surface area contributed by atoms with E-state index in [1.165, 1.54) is 0 Å². The summed E-state index contributed by atoms with van der Waals surface area (Å²) >= 11 is 0. The number of carboxylic acid groups (broad SMARTS) is 1. The second-order valence-electron chi connectivity index (χ2n) is 4.53. The number of carbonyl (C=O) groups is 1. The van der Waals surface area contributed by atoms with Crippen LogP contribution in [0.25, 0.3) is 0 Å². The number of aliphatic carboxylic acids is 1. The minimum absolute atomic E-state index is 0.465. The fourth-order valence-corrected chi connectivity index (χ4v) is 2.05. The summed E-state index contributed by atoms with van der Waals surface area (Å²) in [5, 5.41) is 13.4. The molecule has 4 nitrogen and oxygen atoms in total. The number of carboxylic acids is 1. The van der Waals surface area contributed by atoms with Crippen molar-refractivity contribution in [3.8, 4) is 0 Å². The van der Waals surface area contributed by atoms with E-state index < -0.39 is 11.9 Å². The lowest BCUT2D eigenvalue weighted by molar-refractivity contribution is -0.138. The lowest BCUT2D eigenvalue weighted by Crippen LogP contribution is -2.14. The molecule has 1 atom stereocenters. The molecule has 0 fully saturated rings. The number of rotatable bonds is 4. The van der Waals surface area contributed by atoms with Crippen molar-refractivity contribution in [2.24, 2.45) is 7.05 Å². The number of hydrogen-bond donors (Lipinski definition) is 1. The Hall–Kier alpha value is -2.10. The largest absolute Gasteiger partial charge is 0.481 e. The topological polar surface area (TPSA) is 55.1 Å². The van der Waals surface area contributed by atoms with Gasteiger partial charge in [0.1, 0.15) is 0 Å². The van der Waals surface area contributed by atoms with E-state index in [1.54, 1.807) is 10.9 Å². The highest BCUT2D eigenvalue weighted by atomic mass is 16.4. The molecule has 2 aromatic rings. The third-order valence-corrected chi connectivity index (χ3v) is 2.94. The summed E-state index contributed by atoms with van der Waals surface area (Å²) in [6, 6.07) is 7.65. The van der Waals surface area contributed by atoms with Crippen molar-refractivity contribution in [2.75, 3.05) is 0 Å². The van der Waals surface area contributed by atoms with Gasteiger partial charge in [-0.3, -0.25) is 9.48 Å². The van der Waals surface area contributed by atoms with Gasteiger partial charge in [0.25, 0.3) is 0 Å². The van der Waals surface area contributed by atoms with Crippen LogP contribution in [0.2, 0.25) is 0 Å². The van der Waals surface area contributed by atoms with E-state index in [9.17, 15) is 9.90 Å². The molecule has 94 valence electrons. The lowest BCUT2D eigenvalue weighted by Gasteiger charge is -2.12. The zero-order valence-electron chi connectivity index (χ0n) is 10.5. The van der Waals surface area contributed by atoms with Crippen LogP contribution in [0.1, 0.15) is 22.6 Å². The van der Waals surface area contributed by atoms with Gasteiger partial charge in [0, 0.05) is 13.2 Å². The molecule has 1 unspecified atom stereocenters. The minimum Gasteiger partial charge on any atom is -0.481 e. The molecule has 0 aliphatic heterocycles. The first-order valence-corrected chi connectivity index (χ1v) is 5.83. The highest BCUT2D eigenvalue weighted by Crippen LogP contribution is 2.22. The molecule has 1 heterocycles. The van der Waals surface area contributed by atoms with E-state index in [4.69, 9.17) is 0 Å². The second-order valence-corrected chi connectivity index (χ2v) is 4.53. The van der Waals surface area contributed by atoms with Crippen LogP contribution < -0.4 is 0 Å². The van der Waals surface area contributed by atoms with Crippen LogP contribution in [0.5, 0.6) is 0 Å². The average Bonchev–Trinajstić information content (AvgIpc) is 2.71. The summed E-state index contributed by atoms with van der Waals surface area (Å²) in [5.41, 5.74) is 2.85. The normalized spacial score (nSPS) is 12.3. The molecule has 18 heavy (non-hydrogen) atoms. The van der Waals surface area contributed by atoms with Crippen molar-refractivity contribution >= 4 is 5.97 Å². The highest BCUT2D eigenvalue weighted by molar-refractivity contribution is 5.76. The molecule has 0 spiro atoms. The molecular formula is C14H16N2O2. The molecule has 0 amide bonds. The summed E-state index contributed by atoms with van der Waals surface area (Å²) in [5.74, 6) is -1.32. The Bertz CT molecular complexity index is 560. The van der Waals surface area contributed by atoms with E-state index in [1.807, 2.05) is 44.4 Å². The molecule has 4 heteroatoms. The molecule has 0 aliphatic carbocycles. The van der Waals surface area contributed by atoms with E-state index in [0.29, 0.717) is 6.42 Å². The van der Waals surface area contributed by atoms with Crippen molar-refractivity contribution in [3.05, 3.63) is 53.3 Å². The van der Waals surface area contributed by atoms with Crippen LogP contribution in [0.4, 0.5) is 0 Å². The minimum atomic E-state index is -0.801. The number of aryl methyl sites for hydroxylation is 2. The van der Waals surface area contributed by atoms with E-state index in [2.05, 4.69) is 5.10 Å².